The molecular formula is C13H17N3O6S. The molecule has 2 aliphatic heterocycles. The molecule has 2 aliphatic rings. The van der Waals surface area contributed by atoms with Crippen molar-refractivity contribution in [2.24, 2.45) is 4.40 Å². The lowest BCUT2D eigenvalue weighted by molar-refractivity contribution is -0.148. The molecule has 2 rings (SSSR count). The van der Waals surface area contributed by atoms with Gasteiger partial charge in [0.25, 0.3) is 15.9 Å². The number of carboxylic acid groups (broad SMARTS) is 1. The van der Waals surface area contributed by atoms with Crippen LogP contribution in [0.3, 0.4) is 0 Å². The van der Waals surface area contributed by atoms with E-state index in [-0.39, 0.29) is 30.3 Å². The number of hydrogen-bond donors (Lipinski definition) is 2. The third kappa shape index (κ3) is 3.77. The van der Waals surface area contributed by atoms with E-state index in [2.05, 4.69) is 9.71 Å². The summed E-state index contributed by atoms with van der Waals surface area (Å²) in [7, 11) is -2.13. The van der Waals surface area contributed by atoms with Crippen molar-refractivity contribution in [2.75, 3.05) is 26.0 Å². The number of carbonyl (C=O) groups is 2. The zero-order valence-electron chi connectivity index (χ0n) is 12.6. The van der Waals surface area contributed by atoms with Gasteiger partial charge in [-0.2, -0.15) is 0 Å². The molecule has 2 heterocycles. The molecule has 1 atom stereocenters. The topological polar surface area (TPSA) is 125 Å². The van der Waals surface area contributed by atoms with Crippen molar-refractivity contribution in [1.82, 2.24) is 10.2 Å². The van der Waals surface area contributed by atoms with E-state index < -0.39 is 27.4 Å². The van der Waals surface area contributed by atoms with Gasteiger partial charge in [-0.25, -0.2) is 13.2 Å². The van der Waals surface area contributed by atoms with Crippen molar-refractivity contribution in [3.05, 3.63) is 23.9 Å². The number of hydrogen-bond acceptors (Lipinski definition) is 6. The van der Waals surface area contributed by atoms with Crippen LogP contribution in [-0.2, 0) is 24.3 Å². The Balaban J connectivity index is 2.18. The van der Waals surface area contributed by atoms with Gasteiger partial charge in [-0.15, -0.1) is 4.40 Å². The first-order valence-corrected chi connectivity index (χ1v) is 8.32. The molecule has 2 N–H and O–H groups in total. The van der Waals surface area contributed by atoms with Crippen LogP contribution < -0.4 is 5.32 Å². The van der Waals surface area contributed by atoms with Crippen LogP contribution in [0.1, 0.15) is 6.92 Å². The molecule has 0 aromatic heterocycles. The van der Waals surface area contributed by atoms with Crippen LogP contribution in [-0.4, -0.2) is 67.7 Å². The molecule has 23 heavy (non-hydrogen) atoms. The first kappa shape index (κ1) is 17.2. The summed E-state index contributed by atoms with van der Waals surface area (Å²) >= 11 is 0. The van der Waals surface area contributed by atoms with E-state index in [1.165, 1.54) is 37.3 Å². The number of ether oxygens (including phenoxy) is 1. The van der Waals surface area contributed by atoms with Crippen LogP contribution in [0.4, 0.5) is 0 Å². The van der Waals surface area contributed by atoms with Gasteiger partial charge in [-0.1, -0.05) is 0 Å². The van der Waals surface area contributed by atoms with Crippen LogP contribution in [0.15, 0.2) is 28.3 Å². The molecule has 0 aromatic carbocycles. The summed E-state index contributed by atoms with van der Waals surface area (Å²) in [5.41, 5.74) is -1.37. The molecule has 0 spiro atoms. The van der Waals surface area contributed by atoms with E-state index in [0.717, 1.165) is 0 Å². The number of amides is 1. The second-order valence-corrected chi connectivity index (χ2v) is 7.13. The van der Waals surface area contributed by atoms with Crippen LogP contribution in [0.25, 0.3) is 0 Å². The van der Waals surface area contributed by atoms with Gasteiger partial charge in [-0.3, -0.25) is 4.79 Å². The summed E-state index contributed by atoms with van der Waals surface area (Å²) in [5, 5.41) is 11.6. The van der Waals surface area contributed by atoms with Crippen LogP contribution in [0.2, 0.25) is 0 Å². The van der Waals surface area contributed by atoms with Crippen LogP contribution in [0.5, 0.6) is 0 Å². The van der Waals surface area contributed by atoms with E-state index >= 15 is 0 Å². The largest absolute Gasteiger partial charge is 0.479 e. The Bertz CT molecular complexity index is 724. The lowest BCUT2D eigenvalue weighted by Crippen LogP contribution is -2.55. The number of methoxy groups -OCH3 is 1. The number of aliphatic carboxylic acids is 1. The average molecular weight is 343 g/mol. The molecule has 1 amide bonds. The number of fused-ring (bicyclic) bond motifs is 1. The second kappa shape index (κ2) is 6.13. The standard InChI is InChI=1S/C13H17N3O6S/c1-13(8-22-2,12(18)19)14-11(17)9-3-4-10-15-23(20,21)6-5-16(10)7-9/h3-4,7H,5-6,8H2,1-2H3,(H,14,17)(H,18,19). The third-order valence-corrected chi connectivity index (χ3v) is 4.54. The van der Waals surface area contributed by atoms with E-state index in [9.17, 15) is 23.1 Å². The molecule has 0 fully saturated rings. The van der Waals surface area contributed by atoms with Crippen LogP contribution >= 0.6 is 0 Å². The first-order valence-electron chi connectivity index (χ1n) is 6.71. The Morgan fingerprint density at radius 2 is 2.17 bits per heavy atom. The highest BCUT2D eigenvalue weighted by molar-refractivity contribution is 7.90. The minimum atomic E-state index is -3.47. The lowest BCUT2D eigenvalue weighted by atomic mass is 10.0. The monoisotopic (exact) mass is 343 g/mol. The highest BCUT2D eigenvalue weighted by Crippen LogP contribution is 2.17. The Hall–Kier alpha value is -2.20. The maximum atomic E-state index is 12.3. The fourth-order valence-corrected chi connectivity index (χ4v) is 3.07. The predicted octanol–water partition coefficient (Wildman–Crippen LogP) is -0.910. The van der Waals surface area contributed by atoms with Gasteiger partial charge < -0.3 is 20.1 Å². The maximum Gasteiger partial charge on any atom is 0.331 e. The van der Waals surface area contributed by atoms with E-state index in [1.807, 2.05) is 0 Å². The van der Waals surface area contributed by atoms with Crippen molar-refractivity contribution < 1.29 is 27.9 Å². The Kier molecular flexibility index (Phi) is 4.57. The van der Waals surface area contributed by atoms with Gasteiger partial charge in [0, 0.05) is 19.9 Å². The van der Waals surface area contributed by atoms with Gasteiger partial charge in [0.2, 0.25) is 0 Å². The van der Waals surface area contributed by atoms with Crippen molar-refractivity contribution in [1.29, 1.82) is 0 Å². The van der Waals surface area contributed by atoms with Gasteiger partial charge in [0.05, 0.1) is 17.9 Å². The number of carboxylic acids is 1. The number of amidine groups is 1. The molecule has 126 valence electrons. The van der Waals surface area contributed by atoms with Gasteiger partial charge in [0.1, 0.15) is 5.84 Å². The molecule has 10 heteroatoms. The lowest BCUT2D eigenvalue weighted by Gasteiger charge is -2.29. The molecule has 0 aromatic rings. The van der Waals surface area contributed by atoms with Crippen molar-refractivity contribution >= 4 is 27.7 Å². The average Bonchev–Trinajstić information content (AvgIpc) is 2.45. The summed E-state index contributed by atoms with van der Waals surface area (Å²) in [4.78, 5) is 25.1. The minimum absolute atomic E-state index is 0.147. The first-order chi connectivity index (χ1) is 10.7. The molecule has 0 aliphatic carbocycles. The SMILES string of the molecule is COCC(C)(NC(=O)C1=CN2CCS(=O)(=O)N=C2C=C1)C(=O)O. The zero-order valence-corrected chi connectivity index (χ0v) is 13.5. The smallest absolute Gasteiger partial charge is 0.331 e. The zero-order chi connectivity index (χ0) is 17.3. The number of rotatable bonds is 5. The van der Waals surface area contributed by atoms with E-state index in [0.29, 0.717) is 0 Å². The Morgan fingerprint density at radius 3 is 2.78 bits per heavy atom. The number of carbonyl (C=O) groups excluding carboxylic acids is 1. The van der Waals surface area contributed by atoms with E-state index in [1.54, 1.807) is 0 Å². The fourth-order valence-electron chi connectivity index (χ4n) is 2.10. The molecule has 1 unspecified atom stereocenters. The quantitative estimate of drug-likeness (QED) is 0.662. The maximum absolute atomic E-state index is 12.3. The summed E-state index contributed by atoms with van der Waals surface area (Å²) in [6.07, 6.45) is 4.23. The highest BCUT2D eigenvalue weighted by Gasteiger charge is 2.36. The fraction of sp³-hybridized carbons (Fsp3) is 0.462. The Morgan fingerprint density at radius 1 is 1.48 bits per heavy atom. The molecule has 0 radical (unpaired) electrons. The molecule has 0 saturated heterocycles. The number of nitrogens with zero attached hydrogens (tertiary/aromatic N) is 2. The van der Waals surface area contributed by atoms with Gasteiger partial charge >= 0.3 is 5.97 Å². The number of nitrogens with one attached hydrogen (secondary N) is 1. The normalized spacial score (nSPS) is 21.6. The predicted molar refractivity (Wildman–Crippen MR) is 81.2 cm³/mol. The summed E-state index contributed by atoms with van der Waals surface area (Å²) in [6.45, 7) is 1.32. The summed E-state index contributed by atoms with van der Waals surface area (Å²) in [5.74, 6) is -1.74. The van der Waals surface area contributed by atoms with Crippen molar-refractivity contribution in [2.45, 2.75) is 12.5 Å². The summed E-state index contributed by atoms with van der Waals surface area (Å²) in [6, 6.07) is 0. The highest BCUT2D eigenvalue weighted by atomic mass is 32.2. The number of sulfonamides is 1. The van der Waals surface area contributed by atoms with Crippen molar-refractivity contribution in [3.63, 3.8) is 0 Å². The third-order valence-electron chi connectivity index (χ3n) is 3.38. The Labute approximate surface area is 133 Å². The minimum Gasteiger partial charge on any atom is -0.479 e. The van der Waals surface area contributed by atoms with Crippen molar-refractivity contribution in [3.8, 4) is 0 Å². The van der Waals surface area contributed by atoms with Gasteiger partial charge in [-0.05, 0) is 19.1 Å². The van der Waals surface area contributed by atoms with Gasteiger partial charge in [0.15, 0.2) is 5.54 Å². The molecule has 0 saturated carbocycles. The van der Waals surface area contributed by atoms with Crippen LogP contribution in [0, 0.1) is 0 Å². The second-order valence-electron chi connectivity index (χ2n) is 5.37. The molecule has 0 bridgehead atoms. The molecule has 9 nitrogen and oxygen atoms in total. The molecular weight excluding hydrogens is 326 g/mol. The summed E-state index contributed by atoms with van der Waals surface area (Å²) < 4.78 is 31.3. The van der Waals surface area contributed by atoms with E-state index in [4.69, 9.17) is 4.74 Å².